The molecule has 0 unspecified atom stereocenters. The summed E-state index contributed by atoms with van der Waals surface area (Å²) in [5.74, 6) is -0.389. The summed E-state index contributed by atoms with van der Waals surface area (Å²) < 4.78 is 47.6. The molecule has 0 amide bonds. The van der Waals surface area contributed by atoms with E-state index in [-0.39, 0.29) is 12.4 Å². The number of nitrogens with zero attached hydrogens (tertiary/aromatic N) is 3. The van der Waals surface area contributed by atoms with Crippen LogP contribution < -0.4 is 0 Å². The third-order valence-electron chi connectivity index (χ3n) is 3.72. The molecule has 0 aromatic heterocycles. The Morgan fingerprint density at radius 1 is 1.17 bits per heavy atom. The van der Waals surface area contributed by atoms with Gasteiger partial charge in [-0.05, 0) is 20.2 Å². The summed E-state index contributed by atoms with van der Waals surface area (Å²) in [6.07, 6.45) is 0. The SMILES string of the molecule is CN(C)CCN(Cc1ccccc1F)S(=O)(=O)N1CCOCC1. The number of likely N-dealkylation sites (N-methyl/N-ethyl adjacent to an activating group) is 1. The zero-order valence-electron chi connectivity index (χ0n) is 13.6. The second-order valence-corrected chi connectivity index (χ2v) is 7.68. The lowest BCUT2D eigenvalue weighted by Gasteiger charge is -2.32. The second-order valence-electron chi connectivity index (χ2n) is 5.75. The summed E-state index contributed by atoms with van der Waals surface area (Å²) in [5.41, 5.74) is 0.378. The zero-order valence-corrected chi connectivity index (χ0v) is 14.4. The second kappa shape index (κ2) is 8.16. The van der Waals surface area contributed by atoms with Crippen LogP contribution in [0.3, 0.4) is 0 Å². The number of morpholine rings is 1. The third-order valence-corrected chi connectivity index (χ3v) is 5.71. The number of halogens is 1. The average Bonchev–Trinajstić information content (AvgIpc) is 2.53. The molecule has 1 aliphatic heterocycles. The largest absolute Gasteiger partial charge is 0.379 e. The summed E-state index contributed by atoms with van der Waals surface area (Å²) in [6, 6.07) is 6.27. The molecule has 0 atom stereocenters. The van der Waals surface area contributed by atoms with Crippen LogP contribution in [0.15, 0.2) is 24.3 Å². The quantitative estimate of drug-likeness (QED) is 0.732. The van der Waals surface area contributed by atoms with Gasteiger partial charge in [0.25, 0.3) is 10.2 Å². The van der Waals surface area contributed by atoms with E-state index in [1.165, 1.54) is 14.7 Å². The topological polar surface area (TPSA) is 53.1 Å². The molecule has 130 valence electrons. The van der Waals surface area contributed by atoms with Gasteiger partial charge in [-0.15, -0.1) is 0 Å². The highest BCUT2D eigenvalue weighted by Crippen LogP contribution is 2.17. The highest BCUT2D eigenvalue weighted by Gasteiger charge is 2.31. The van der Waals surface area contributed by atoms with Gasteiger partial charge in [-0.1, -0.05) is 18.2 Å². The van der Waals surface area contributed by atoms with E-state index in [0.29, 0.717) is 45.0 Å². The monoisotopic (exact) mass is 345 g/mol. The van der Waals surface area contributed by atoms with Crippen molar-refractivity contribution in [3.05, 3.63) is 35.6 Å². The van der Waals surface area contributed by atoms with Gasteiger partial charge in [0.1, 0.15) is 5.82 Å². The lowest BCUT2D eigenvalue weighted by atomic mass is 10.2. The number of hydrogen-bond donors (Lipinski definition) is 0. The van der Waals surface area contributed by atoms with E-state index >= 15 is 0 Å². The molecule has 0 saturated carbocycles. The fraction of sp³-hybridized carbons (Fsp3) is 0.600. The molecule has 1 heterocycles. The standard InChI is InChI=1S/C15H24FN3O3S/c1-17(2)7-8-19(13-14-5-3-4-6-15(14)16)23(20,21)18-9-11-22-12-10-18/h3-6H,7-13H2,1-2H3. The first-order chi connectivity index (χ1) is 10.9. The maximum Gasteiger partial charge on any atom is 0.282 e. The van der Waals surface area contributed by atoms with E-state index in [1.807, 2.05) is 19.0 Å². The summed E-state index contributed by atoms with van der Waals surface area (Å²) in [4.78, 5) is 1.91. The number of rotatable bonds is 7. The number of ether oxygens (including phenoxy) is 1. The van der Waals surface area contributed by atoms with Crippen LogP contribution in [-0.2, 0) is 21.5 Å². The van der Waals surface area contributed by atoms with Crippen LogP contribution in [-0.4, -0.2) is 75.4 Å². The van der Waals surface area contributed by atoms with E-state index in [1.54, 1.807) is 18.2 Å². The summed E-state index contributed by atoms with van der Waals surface area (Å²) in [6.45, 7) is 2.34. The van der Waals surface area contributed by atoms with Gasteiger partial charge in [-0.2, -0.15) is 17.0 Å². The Bertz CT molecular complexity index is 604. The van der Waals surface area contributed by atoms with Crippen LogP contribution in [0.4, 0.5) is 4.39 Å². The van der Waals surface area contributed by atoms with Crippen molar-refractivity contribution in [1.82, 2.24) is 13.5 Å². The van der Waals surface area contributed by atoms with Gasteiger partial charge in [0.05, 0.1) is 13.2 Å². The van der Waals surface area contributed by atoms with Crippen LogP contribution >= 0.6 is 0 Å². The summed E-state index contributed by atoms with van der Waals surface area (Å²) in [7, 11) is 0.114. The van der Waals surface area contributed by atoms with Gasteiger partial charge in [-0.25, -0.2) is 4.39 Å². The van der Waals surface area contributed by atoms with Crippen molar-refractivity contribution in [2.45, 2.75) is 6.54 Å². The molecule has 0 spiro atoms. The molecule has 8 heteroatoms. The van der Waals surface area contributed by atoms with Gasteiger partial charge in [0, 0.05) is 38.3 Å². The fourth-order valence-corrected chi connectivity index (χ4v) is 3.90. The normalized spacial score (nSPS) is 17.1. The van der Waals surface area contributed by atoms with Gasteiger partial charge < -0.3 is 9.64 Å². The minimum absolute atomic E-state index is 0.0280. The van der Waals surface area contributed by atoms with E-state index in [0.717, 1.165) is 0 Å². The highest BCUT2D eigenvalue weighted by atomic mass is 32.2. The van der Waals surface area contributed by atoms with Gasteiger partial charge in [-0.3, -0.25) is 0 Å². The Morgan fingerprint density at radius 3 is 2.43 bits per heavy atom. The first kappa shape index (κ1) is 18.3. The van der Waals surface area contributed by atoms with Gasteiger partial charge in [0.2, 0.25) is 0 Å². The zero-order chi connectivity index (χ0) is 16.9. The van der Waals surface area contributed by atoms with Crippen molar-refractivity contribution in [2.75, 3.05) is 53.5 Å². The van der Waals surface area contributed by atoms with E-state index < -0.39 is 10.2 Å². The average molecular weight is 345 g/mol. The predicted molar refractivity (Wildman–Crippen MR) is 86.7 cm³/mol. The maximum absolute atomic E-state index is 13.9. The first-order valence-electron chi connectivity index (χ1n) is 7.62. The van der Waals surface area contributed by atoms with Crippen molar-refractivity contribution in [2.24, 2.45) is 0 Å². The molecule has 1 fully saturated rings. The van der Waals surface area contributed by atoms with Crippen molar-refractivity contribution >= 4 is 10.2 Å². The van der Waals surface area contributed by atoms with Crippen molar-refractivity contribution in [3.63, 3.8) is 0 Å². The predicted octanol–water partition coefficient (Wildman–Crippen LogP) is 0.766. The van der Waals surface area contributed by atoms with Crippen molar-refractivity contribution < 1.29 is 17.5 Å². The smallest absolute Gasteiger partial charge is 0.282 e. The van der Waals surface area contributed by atoms with Crippen molar-refractivity contribution in [3.8, 4) is 0 Å². The van der Waals surface area contributed by atoms with Gasteiger partial charge >= 0.3 is 0 Å². The molecule has 1 aliphatic rings. The van der Waals surface area contributed by atoms with E-state index in [9.17, 15) is 12.8 Å². The third kappa shape index (κ3) is 4.95. The van der Waals surface area contributed by atoms with Crippen LogP contribution in [0.25, 0.3) is 0 Å². The minimum Gasteiger partial charge on any atom is -0.379 e. The van der Waals surface area contributed by atoms with E-state index in [4.69, 9.17) is 4.74 Å². The molecule has 0 N–H and O–H groups in total. The van der Waals surface area contributed by atoms with Gasteiger partial charge in [0.15, 0.2) is 0 Å². The minimum atomic E-state index is -3.64. The molecule has 1 aromatic rings. The Labute approximate surface area is 137 Å². The summed E-state index contributed by atoms with van der Waals surface area (Å²) in [5, 5.41) is 0. The van der Waals surface area contributed by atoms with E-state index in [2.05, 4.69) is 0 Å². The molecule has 1 saturated heterocycles. The van der Waals surface area contributed by atoms with Crippen LogP contribution in [0.5, 0.6) is 0 Å². The molecule has 6 nitrogen and oxygen atoms in total. The molecular weight excluding hydrogens is 321 g/mol. The Balaban J connectivity index is 2.20. The highest BCUT2D eigenvalue weighted by molar-refractivity contribution is 7.86. The van der Waals surface area contributed by atoms with Crippen LogP contribution in [0.2, 0.25) is 0 Å². The molecule has 0 bridgehead atoms. The number of hydrogen-bond acceptors (Lipinski definition) is 4. The Hall–Kier alpha value is -1.06. The molecule has 0 aliphatic carbocycles. The fourth-order valence-electron chi connectivity index (χ4n) is 2.34. The molecular formula is C15H24FN3O3S. The summed E-state index contributed by atoms with van der Waals surface area (Å²) >= 11 is 0. The molecule has 1 aromatic carbocycles. The number of benzene rings is 1. The van der Waals surface area contributed by atoms with Crippen LogP contribution in [0, 0.1) is 5.82 Å². The van der Waals surface area contributed by atoms with Crippen LogP contribution in [0.1, 0.15) is 5.56 Å². The lowest BCUT2D eigenvalue weighted by molar-refractivity contribution is 0.0698. The molecule has 23 heavy (non-hydrogen) atoms. The first-order valence-corrected chi connectivity index (χ1v) is 9.02. The molecule has 0 radical (unpaired) electrons. The maximum atomic E-state index is 13.9. The lowest BCUT2D eigenvalue weighted by Crippen LogP contribution is -2.49. The van der Waals surface area contributed by atoms with Crippen molar-refractivity contribution in [1.29, 1.82) is 0 Å². The molecule has 2 rings (SSSR count). The Morgan fingerprint density at radius 2 is 1.83 bits per heavy atom. The Kier molecular flexibility index (Phi) is 6.49.